The summed E-state index contributed by atoms with van der Waals surface area (Å²) >= 11 is 0. The van der Waals surface area contributed by atoms with Gasteiger partial charge in [-0.05, 0) is 52.6 Å². The fourth-order valence-electron chi connectivity index (χ4n) is 6.44. The van der Waals surface area contributed by atoms with Gasteiger partial charge in [0.2, 0.25) is 11.8 Å². The molecule has 7 rings (SSSR count). The number of esters is 1. The number of carbonyl (C=O) groups excluding carboxylic acids is 3. The average molecular weight is 545 g/mol. The largest absolute Gasteiger partial charge is 0.451 e. The quantitative estimate of drug-likeness (QED) is 0.239. The molecule has 0 aliphatic carbocycles. The number of carbonyl (C=O) groups is 3. The lowest BCUT2D eigenvalue weighted by molar-refractivity contribution is -0.155. The molecule has 2 amide bonds. The Morgan fingerprint density at radius 3 is 1.98 bits per heavy atom. The third kappa shape index (κ3) is 4.04. The lowest BCUT2D eigenvalue weighted by Gasteiger charge is -2.35. The van der Waals surface area contributed by atoms with Gasteiger partial charge in [0.25, 0.3) is 0 Å². The van der Waals surface area contributed by atoms with E-state index in [1.54, 1.807) is 6.20 Å². The summed E-state index contributed by atoms with van der Waals surface area (Å²) in [5.41, 5.74) is 3.65. The zero-order valence-corrected chi connectivity index (χ0v) is 21.8. The maximum Gasteiger partial charge on any atom is 0.330 e. The number of ether oxygens (including phenoxy) is 1. The average Bonchev–Trinajstić information content (AvgIpc) is 3.49. The summed E-state index contributed by atoms with van der Waals surface area (Å²) < 4.78 is 19.9. The first-order valence-electron chi connectivity index (χ1n) is 13.5. The highest BCUT2D eigenvalue weighted by atomic mass is 19.1. The first-order chi connectivity index (χ1) is 20.0. The van der Waals surface area contributed by atoms with Gasteiger partial charge < -0.3 is 9.64 Å². The molecule has 7 heteroatoms. The van der Waals surface area contributed by atoms with E-state index >= 15 is 0 Å². The number of halogens is 1. The second kappa shape index (κ2) is 9.86. The van der Waals surface area contributed by atoms with E-state index in [1.165, 1.54) is 24.3 Å². The third-order valence-electron chi connectivity index (χ3n) is 8.23. The molecule has 0 N–H and O–H groups in total. The van der Waals surface area contributed by atoms with Crippen molar-refractivity contribution in [2.24, 2.45) is 11.8 Å². The van der Waals surface area contributed by atoms with Crippen LogP contribution in [-0.4, -0.2) is 28.7 Å². The standard InChI is InChI=1S/C34H25FN2O4/c35-24-15-17-25(18-16-24)37-32(38)27-28(33(37)39)30(36-20-19-21-9-7-8-14-26(21)29(27)36)34(40)41-31(22-10-3-1-4-11-22)23-12-5-2-6-13-23/h1-20,27-31H/t27-,28+,29?,30-/m0/s1. The van der Waals surface area contributed by atoms with Crippen LogP contribution in [0, 0.1) is 17.7 Å². The zero-order valence-electron chi connectivity index (χ0n) is 21.8. The Balaban J connectivity index is 1.31. The molecule has 0 bridgehead atoms. The SMILES string of the molecule is O=C(OC(c1ccccc1)c1ccccc1)[C@@H]1[C@@H]2C(=O)N(c3ccc(F)cc3)C(=O)[C@@H]2C2c3ccccc3C=CN21. The molecule has 3 heterocycles. The minimum absolute atomic E-state index is 0.278. The summed E-state index contributed by atoms with van der Waals surface area (Å²) in [5.74, 6) is -3.77. The van der Waals surface area contributed by atoms with Crippen LogP contribution < -0.4 is 4.90 Å². The highest BCUT2D eigenvalue weighted by Gasteiger charge is 2.65. The first-order valence-corrected chi connectivity index (χ1v) is 13.5. The Hall–Kier alpha value is -5.04. The van der Waals surface area contributed by atoms with Gasteiger partial charge in [0.05, 0.1) is 23.6 Å². The maximum atomic E-state index is 14.2. The number of rotatable bonds is 5. The molecule has 0 spiro atoms. The van der Waals surface area contributed by atoms with Crippen LogP contribution in [0.3, 0.4) is 0 Å². The number of anilines is 1. The fourth-order valence-corrected chi connectivity index (χ4v) is 6.44. The van der Waals surface area contributed by atoms with E-state index < -0.39 is 53.6 Å². The molecule has 3 aliphatic heterocycles. The lowest BCUT2D eigenvalue weighted by Crippen LogP contribution is -2.45. The van der Waals surface area contributed by atoms with Crippen molar-refractivity contribution >= 4 is 29.5 Å². The Morgan fingerprint density at radius 1 is 0.732 bits per heavy atom. The van der Waals surface area contributed by atoms with Gasteiger partial charge in [-0.25, -0.2) is 14.1 Å². The van der Waals surface area contributed by atoms with Crippen LogP contribution in [0.5, 0.6) is 0 Å². The number of fused-ring (bicyclic) bond motifs is 5. The Bertz CT molecular complexity index is 1630. The first kappa shape index (κ1) is 25.0. The van der Waals surface area contributed by atoms with Crippen molar-refractivity contribution in [1.29, 1.82) is 0 Å². The molecule has 0 aromatic heterocycles. The summed E-state index contributed by atoms with van der Waals surface area (Å²) in [6.45, 7) is 0. The number of amides is 2. The summed E-state index contributed by atoms with van der Waals surface area (Å²) in [5, 5.41) is 0. The molecule has 3 aliphatic rings. The Labute approximate surface area is 236 Å². The molecule has 202 valence electrons. The van der Waals surface area contributed by atoms with Crippen molar-refractivity contribution in [2.45, 2.75) is 18.2 Å². The van der Waals surface area contributed by atoms with Gasteiger partial charge in [0, 0.05) is 6.20 Å². The van der Waals surface area contributed by atoms with Gasteiger partial charge in [-0.2, -0.15) is 0 Å². The van der Waals surface area contributed by atoms with Crippen LogP contribution in [0.2, 0.25) is 0 Å². The Kier molecular flexibility index (Phi) is 6.00. The number of imide groups is 1. The number of benzene rings is 4. The molecule has 4 aromatic rings. The summed E-state index contributed by atoms with van der Waals surface area (Å²) in [6, 6.07) is 30.2. The predicted octanol–water partition coefficient (Wildman–Crippen LogP) is 5.67. The molecular weight excluding hydrogens is 519 g/mol. The molecule has 41 heavy (non-hydrogen) atoms. The van der Waals surface area contributed by atoms with Crippen LogP contribution in [0.4, 0.5) is 10.1 Å². The van der Waals surface area contributed by atoms with Crippen molar-refractivity contribution in [3.63, 3.8) is 0 Å². The van der Waals surface area contributed by atoms with Crippen molar-refractivity contribution in [3.05, 3.63) is 143 Å². The van der Waals surface area contributed by atoms with Crippen molar-refractivity contribution in [3.8, 4) is 0 Å². The monoisotopic (exact) mass is 544 g/mol. The molecule has 0 saturated carbocycles. The molecule has 0 radical (unpaired) electrons. The van der Waals surface area contributed by atoms with Gasteiger partial charge in [-0.1, -0.05) is 84.9 Å². The van der Waals surface area contributed by atoms with Crippen molar-refractivity contribution in [1.82, 2.24) is 4.90 Å². The van der Waals surface area contributed by atoms with Crippen LogP contribution in [0.1, 0.15) is 34.4 Å². The Morgan fingerprint density at radius 2 is 1.32 bits per heavy atom. The van der Waals surface area contributed by atoms with Crippen LogP contribution in [0.15, 0.2) is 115 Å². The van der Waals surface area contributed by atoms with Gasteiger partial charge in [-0.15, -0.1) is 0 Å². The molecule has 2 fully saturated rings. The van der Waals surface area contributed by atoms with E-state index in [0.717, 1.165) is 27.2 Å². The van der Waals surface area contributed by atoms with E-state index in [2.05, 4.69) is 0 Å². The molecule has 1 unspecified atom stereocenters. The van der Waals surface area contributed by atoms with Gasteiger partial charge >= 0.3 is 5.97 Å². The van der Waals surface area contributed by atoms with Crippen LogP contribution >= 0.6 is 0 Å². The number of nitrogens with zero attached hydrogens (tertiary/aromatic N) is 2. The molecule has 4 atom stereocenters. The zero-order chi connectivity index (χ0) is 28.1. The smallest absolute Gasteiger partial charge is 0.330 e. The second-order valence-electron chi connectivity index (χ2n) is 10.5. The highest BCUT2D eigenvalue weighted by molar-refractivity contribution is 6.23. The van der Waals surface area contributed by atoms with Gasteiger partial charge in [0.15, 0.2) is 6.10 Å². The fraction of sp³-hybridized carbons (Fsp3) is 0.147. The van der Waals surface area contributed by atoms with Crippen LogP contribution in [0.25, 0.3) is 6.08 Å². The van der Waals surface area contributed by atoms with Crippen LogP contribution in [-0.2, 0) is 19.1 Å². The lowest BCUT2D eigenvalue weighted by atomic mass is 9.84. The van der Waals surface area contributed by atoms with Gasteiger partial charge in [0.1, 0.15) is 11.9 Å². The summed E-state index contributed by atoms with van der Waals surface area (Å²) in [4.78, 5) is 45.2. The topological polar surface area (TPSA) is 66.9 Å². The van der Waals surface area contributed by atoms with Crippen molar-refractivity contribution in [2.75, 3.05) is 4.90 Å². The predicted molar refractivity (Wildman–Crippen MR) is 151 cm³/mol. The van der Waals surface area contributed by atoms with E-state index in [0.29, 0.717) is 0 Å². The third-order valence-corrected chi connectivity index (χ3v) is 8.23. The summed E-state index contributed by atoms with van der Waals surface area (Å²) in [6.07, 6.45) is 2.98. The maximum absolute atomic E-state index is 14.2. The number of hydrogen-bond acceptors (Lipinski definition) is 5. The molecule has 4 aromatic carbocycles. The second-order valence-corrected chi connectivity index (χ2v) is 10.5. The number of hydrogen-bond donors (Lipinski definition) is 0. The normalized spacial score (nSPS) is 22.5. The molecular formula is C34H25FN2O4. The minimum Gasteiger partial charge on any atom is -0.451 e. The molecule has 2 saturated heterocycles. The van der Waals surface area contributed by atoms with E-state index in [9.17, 15) is 18.8 Å². The van der Waals surface area contributed by atoms with E-state index in [4.69, 9.17) is 4.74 Å². The van der Waals surface area contributed by atoms with Crippen molar-refractivity contribution < 1.29 is 23.5 Å². The highest BCUT2D eigenvalue weighted by Crippen LogP contribution is 2.53. The van der Waals surface area contributed by atoms with E-state index in [-0.39, 0.29) is 5.69 Å². The molecule has 6 nitrogen and oxygen atoms in total. The van der Waals surface area contributed by atoms with Gasteiger partial charge in [-0.3, -0.25) is 9.59 Å². The summed E-state index contributed by atoms with van der Waals surface area (Å²) in [7, 11) is 0. The minimum atomic E-state index is -1.04. The van der Waals surface area contributed by atoms with E-state index in [1.807, 2.05) is 95.9 Å².